The van der Waals surface area contributed by atoms with Crippen LogP contribution in [0.15, 0.2) is 43.1 Å². The summed E-state index contributed by atoms with van der Waals surface area (Å²) >= 11 is 0. The van der Waals surface area contributed by atoms with E-state index in [1.165, 1.54) is 83.0 Å². The number of fused-ring (bicyclic) bond motifs is 1. The molecule has 2 aliphatic rings. The first-order valence-corrected chi connectivity index (χ1v) is 16.1. The van der Waals surface area contributed by atoms with Gasteiger partial charge in [0, 0.05) is 19.3 Å². The minimum Gasteiger partial charge on any atom is -0.357 e. The Balaban J connectivity index is 0.000000259. The van der Waals surface area contributed by atoms with Gasteiger partial charge in [-0.05, 0) is 152 Å². The molecule has 1 aromatic heterocycles. The van der Waals surface area contributed by atoms with Gasteiger partial charge in [-0.1, -0.05) is 51.1 Å². The Morgan fingerprint density at radius 2 is 1.85 bits per heavy atom. The van der Waals surface area contributed by atoms with E-state index in [2.05, 4.69) is 78.6 Å². The number of rotatable bonds is 11. The first-order valence-electron chi connectivity index (χ1n) is 16.1. The van der Waals surface area contributed by atoms with Crippen LogP contribution in [-0.4, -0.2) is 56.7 Å². The van der Waals surface area contributed by atoms with Crippen LogP contribution in [0.25, 0.3) is 5.57 Å². The summed E-state index contributed by atoms with van der Waals surface area (Å²) in [6.45, 7) is 21.0. The van der Waals surface area contributed by atoms with Crippen molar-refractivity contribution in [1.29, 1.82) is 0 Å². The van der Waals surface area contributed by atoms with Gasteiger partial charge in [-0.3, -0.25) is 0 Å². The maximum Gasteiger partial charge on any atom is 0.129 e. The molecular formula is C36H60N4. The van der Waals surface area contributed by atoms with E-state index >= 15 is 0 Å². The summed E-state index contributed by atoms with van der Waals surface area (Å²) in [5.74, 6) is 2.77. The number of aryl methyl sites for hydroxylation is 2. The molecule has 4 rings (SSSR count). The molecule has 2 heterocycles. The second-order valence-corrected chi connectivity index (χ2v) is 12.2. The maximum atomic E-state index is 4.46. The summed E-state index contributed by atoms with van der Waals surface area (Å²) in [4.78, 5) is 9.43. The molecule has 1 fully saturated rings. The molecule has 1 aliphatic carbocycles. The van der Waals surface area contributed by atoms with Gasteiger partial charge in [-0.2, -0.15) is 0 Å². The first kappa shape index (κ1) is 34.0. The van der Waals surface area contributed by atoms with Crippen LogP contribution >= 0.6 is 0 Å². The Bertz CT molecular complexity index is 975. The van der Waals surface area contributed by atoms with E-state index in [4.69, 9.17) is 0 Å². The van der Waals surface area contributed by atoms with Gasteiger partial charge in [0.2, 0.25) is 0 Å². The van der Waals surface area contributed by atoms with Gasteiger partial charge in [0.1, 0.15) is 5.82 Å². The van der Waals surface area contributed by atoms with E-state index in [-0.39, 0.29) is 0 Å². The van der Waals surface area contributed by atoms with Gasteiger partial charge in [0.05, 0.1) is 0 Å². The molecule has 224 valence electrons. The highest BCUT2D eigenvalue weighted by molar-refractivity contribution is 5.64. The molecule has 1 N–H and O–H groups in total. The van der Waals surface area contributed by atoms with Crippen molar-refractivity contribution in [2.45, 2.75) is 92.4 Å². The van der Waals surface area contributed by atoms with Crippen molar-refractivity contribution >= 4 is 11.4 Å². The van der Waals surface area contributed by atoms with Crippen molar-refractivity contribution in [3.63, 3.8) is 0 Å². The van der Waals surface area contributed by atoms with E-state index in [1.807, 2.05) is 33.3 Å². The third-order valence-electron chi connectivity index (χ3n) is 8.23. The molecule has 4 heteroatoms. The topological polar surface area (TPSA) is 31.4 Å². The third-order valence-corrected chi connectivity index (χ3v) is 8.23. The SMILES string of the molecule is C=C(C)c1ccnc(N(CC)CCC(C)C)c1.CCCN1CCC(CCc2cccc3c2CCC3)CC1.CNC. The Hall–Kier alpha value is -2.17. The standard InChI is InChI=1S/C19H29N.C15H24N2.C2H7N/c1-2-13-20-14-11-16(12-15-20)9-10-18-6-3-5-17-7-4-8-19(17)18;1-6-17(10-8-12(2)3)15-11-14(13(4)5)7-9-16-15;1-3-2/h3,5-6,16H,2,4,7-15H2,1H3;7,9,11-12H,4,6,8,10H2,1-3,5H3;3H,1-2H3. The predicted octanol–water partition coefficient (Wildman–Crippen LogP) is 8.05. The lowest BCUT2D eigenvalue weighted by Gasteiger charge is -2.31. The molecule has 0 amide bonds. The summed E-state index contributed by atoms with van der Waals surface area (Å²) in [5, 5.41) is 2.75. The van der Waals surface area contributed by atoms with Crippen molar-refractivity contribution in [3.05, 3.63) is 65.4 Å². The van der Waals surface area contributed by atoms with Crippen molar-refractivity contribution in [2.24, 2.45) is 11.8 Å². The van der Waals surface area contributed by atoms with Crippen LogP contribution in [0.4, 0.5) is 5.82 Å². The van der Waals surface area contributed by atoms with Crippen molar-refractivity contribution in [3.8, 4) is 0 Å². The Labute approximate surface area is 247 Å². The van der Waals surface area contributed by atoms with Gasteiger partial charge in [0.25, 0.3) is 0 Å². The number of hydrogen-bond donors (Lipinski definition) is 1. The Morgan fingerprint density at radius 1 is 1.12 bits per heavy atom. The van der Waals surface area contributed by atoms with Crippen LogP contribution in [-0.2, 0) is 19.3 Å². The summed E-state index contributed by atoms with van der Waals surface area (Å²) in [6, 6.07) is 11.2. The number of aromatic nitrogens is 1. The Kier molecular flexibility index (Phi) is 16.2. The lowest BCUT2D eigenvalue weighted by molar-refractivity contribution is 0.179. The predicted molar refractivity (Wildman–Crippen MR) is 178 cm³/mol. The van der Waals surface area contributed by atoms with E-state index in [1.54, 1.807) is 16.7 Å². The molecule has 40 heavy (non-hydrogen) atoms. The quantitative estimate of drug-likeness (QED) is 0.308. The van der Waals surface area contributed by atoms with Crippen molar-refractivity contribution in [1.82, 2.24) is 15.2 Å². The van der Waals surface area contributed by atoms with E-state index in [9.17, 15) is 0 Å². The largest absolute Gasteiger partial charge is 0.357 e. The fourth-order valence-electron chi connectivity index (χ4n) is 5.81. The fourth-order valence-corrected chi connectivity index (χ4v) is 5.81. The summed E-state index contributed by atoms with van der Waals surface area (Å²) in [5.41, 5.74) is 7.28. The molecule has 1 saturated heterocycles. The van der Waals surface area contributed by atoms with Crippen LogP contribution in [0.2, 0.25) is 0 Å². The average molecular weight is 549 g/mol. The van der Waals surface area contributed by atoms with Crippen LogP contribution in [0.3, 0.4) is 0 Å². The van der Waals surface area contributed by atoms with Crippen LogP contribution in [0, 0.1) is 11.8 Å². The second kappa shape index (κ2) is 19.0. The molecule has 4 nitrogen and oxygen atoms in total. The monoisotopic (exact) mass is 548 g/mol. The van der Waals surface area contributed by atoms with Gasteiger partial charge < -0.3 is 15.1 Å². The first-order chi connectivity index (χ1) is 19.3. The number of likely N-dealkylation sites (tertiary alicyclic amines) is 1. The number of allylic oxidation sites excluding steroid dienone is 1. The van der Waals surface area contributed by atoms with E-state index in [0.717, 1.165) is 36.3 Å². The van der Waals surface area contributed by atoms with Crippen molar-refractivity contribution < 1.29 is 0 Å². The van der Waals surface area contributed by atoms with Gasteiger partial charge in [0.15, 0.2) is 0 Å². The molecular weight excluding hydrogens is 488 g/mol. The fraction of sp³-hybridized carbons (Fsp3) is 0.639. The zero-order valence-corrected chi connectivity index (χ0v) is 27.1. The Morgan fingerprint density at radius 3 is 2.48 bits per heavy atom. The number of benzene rings is 1. The van der Waals surface area contributed by atoms with Gasteiger partial charge >= 0.3 is 0 Å². The number of nitrogens with one attached hydrogen (secondary N) is 1. The van der Waals surface area contributed by atoms with E-state index < -0.39 is 0 Å². The molecule has 1 aromatic carbocycles. The number of hydrogen-bond acceptors (Lipinski definition) is 4. The summed E-state index contributed by atoms with van der Waals surface area (Å²) < 4.78 is 0. The molecule has 0 saturated carbocycles. The summed E-state index contributed by atoms with van der Waals surface area (Å²) in [7, 11) is 3.75. The number of nitrogens with zero attached hydrogens (tertiary/aromatic N) is 3. The molecule has 0 radical (unpaired) electrons. The van der Waals surface area contributed by atoms with Gasteiger partial charge in [-0.15, -0.1) is 0 Å². The normalized spacial score (nSPS) is 15.1. The molecule has 0 unspecified atom stereocenters. The van der Waals surface area contributed by atoms with Gasteiger partial charge in [-0.25, -0.2) is 4.98 Å². The highest BCUT2D eigenvalue weighted by Crippen LogP contribution is 2.28. The number of piperidine rings is 1. The molecule has 0 atom stereocenters. The smallest absolute Gasteiger partial charge is 0.129 e. The average Bonchev–Trinajstić information content (AvgIpc) is 3.44. The zero-order valence-electron chi connectivity index (χ0n) is 27.1. The lowest BCUT2D eigenvalue weighted by atomic mass is 9.89. The minimum absolute atomic E-state index is 0.730. The second-order valence-electron chi connectivity index (χ2n) is 12.2. The molecule has 0 spiro atoms. The third kappa shape index (κ3) is 11.7. The van der Waals surface area contributed by atoms with Crippen LogP contribution in [0.5, 0.6) is 0 Å². The lowest BCUT2D eigenvalue weighted by Crippen LogP contribution is -2.34. The molecule has 1 aliphatic heterocycles. The van der Waals surface area contributed by atoms with E-state index in [0.29, 0.717) is 0 Å². The minimum atomic E-state index is 0.730. The molecule has 0 bridgehead atoms. The zero-order chi connectivity index (χ0) is 29.3. The number of anilines is 1. The molecule has 2 aromatic rings. The highest BCUT2D eigenvalue weighted by Gasteiger charge is 2.20. The van der Waals surface area contributed by atoms with Crippen molar-refractivity contribution in [2.75, 3.05) is 51.7 Å². The highest BCUT2D eigenvalue weighted by atomic mass is 15.2. The van der Waals surface area contributed by atoms with Crippen LogP contribution in [0.1, 0.15) is 95.4 Å². The number of pyridine rings is 1. The maximum absolute atomic E-state index is 4.46. The summed E-state index contributed by atoms with van der Waals surface area (Å²) in [6.07, 6.45) is 14.0. The van der Waals surface area contributed by atoms with Crippen LogP contribution < -0.4 is 10.2 Å².